The lowest BCUT2D eigenvalue weighted by atomic mass is 9.73. The predicted molar refractivity (Wildman–Crippen MR) is 66.9 cm³/mol. The molecule has 0 aliphatic carbocycles. The van der Waals surface area contributed by atoms with Crippen molar-refractivity contribution in [1.82, 2.24) is 0 Å². The van der Waals surface area contributed by atoms with Crippen molar-refractivity contribution in [3.8, 4) is 0 Å². The molecule has 104 valence electrons. The van der Waals surface area contributed by atoms with Gasteiger partial charge in [0.15, 0.2) is 0 Å². The predicted octanol–water partition coefficient (Wildman–Crippen LogP) is 5.82. The summed E-state index contributed by atoms with van der Waals surface area (Å²) in [5.41, 5.74) is -1.43. The molecule has 0 bridgehead atoms. The molecule has 0 aromatic carbocycles. The number of rotatable bonds is 5. The lowest BCUT2D eigenvalue weighted by Crippen LogP contribution is -2.37. The summed E-state index contributed by atoms with van der Waals surface area (Å²) in [6.07, 6.45) is -2.21. The fourth-order valence-corrected chi connectivity index (χ4v) is 2.80. The van der Waals surface area contributed by atoms with Gasteiger partial charge in [-0.3, -0.25) is 0 Å². The third-order valence-electron chi connectivity index (χ3n) is 3.25. The van der Waals surface area contributed by atoms with Crippen LogP contribution in [0.5, 0.6) is 0 Å². The van der Waals surface area contributed by atoms with Crippen LogP contribution in [-0.2, 0) is 0 Å². The average molecular weight is 252 g/mol. The number of hydrogen-bond donors (Lipinski definition) is 0. The molecule has 3 heteroatoms. The SMILES string of the molecule is CCCC(C)(C[C@@H](C)CC(C)(C)C)C(F)(F)F. The van der Waals surface area contributed by atoms with Crippen LogP contribution in [0, 0.1) is 16.7 Å². The first-order valence-corrected chi connectivity index (χ1v) is 6.48. The largest absolute Gasteiger partial charge is 0.394 e. The summed E-state index contributed by atoms with van der Waals surface area (Å²) in [5, 5.41) is 0. The van der Waals surface area contributed by atoms with Crippen LogP contribution < -0.4 is 0 Å². The van der Waals surface area contributed by atoms with Gasteiger partial charge in [0, 0.05) is 0 Å². The lowest BCUT2D eigenvalue weighted by Gasteiger charge is -2.36. The molecular formula is C14H27F3. The zero-order valence-electron chi connectivity index (χ0n) is 12.0. The van der Waals surface area contributed by atoms with E-state index in [1.54, 1.807) is 0 Å². The molecule has 1 unspecified atom stereocenters. The molecule has 0 aliphatic rings. The second-order valence-corrected chi connectivity index (χ2v) is 6.88. The summed E-state index contributed by atoms with van der Waals surface area (Å²) in [6, 6.07) is 0. The van der Waals surface area contributed by atoms with Crippen molar-refractivity contribution in [1.29, 1.82) is 0 Å². The van der Waals surface area contributed by atoms with Gasteiger partial charge in [-0.1, -0.05) is 48.0 Å². The highest BCUT2D eigenvalue weighted by Gasteiger charge is 2.50. The molecule has 0 saturated carbocycles. The molecule has 0 amide bonds. The Morgan fingerprint density at radius 3 is 1.71 bits per heavy atom. The van der Waals surface area contributed by atoms with E-state index < -0.39 is 11.6 Å². The third kappa shape index (κ3) is 5.78. The van der Waals surface area contributed by atoms with Crippen molar-refractivity contribution < 1.29 is 13.2 Å². The normalized spacial score (nSPS) is 18.9. The molecule has 0 aliphatic heterocycles. The van der Waals surface area contributed by atoms with E-state index in [2.05, 4.69) is 20.8 Å². The molecule has 0 aromatic rings. The van der Waals surface area contributed by atoms with E-state index in [-0.39, 0.29) is 24.2 Å². The van der Waals surface area contributed by atoms with Gasteiger partial charge in [-0.05, 0) is 30.6 Å². The summed E-state index contributed by atoms with van der Waals surface area (Å²) in [7, 11) is 0. The van der Waals surface area contributed by atoms with E-state index in [0.717, 1.165) is 6.42 Å². The quantitative estimate of drug-likeness (QED) is 0.578. The standard InChI is InChI=1S/C14H27F3/c1-7-8-13(6,14(15,16)17)10-11(2)9-12(3,4)5/h11H,7-10H2,1-6H3/t11-,13?/m0/s1. The molecule has 0 N–H and O–H groups in total. The molecule has 0 fully saturated rings. The molecule has 0 spiro atoms. The Morgan fingerprint density at radius 2 is 1.41 bits per heavy atom. The lowest BCUT2D eigenvalue weighted by molar-refractivity contribution is -0.226. The Hall–Kier alpha value is -0.210. The van der Waals surface area contributed by atoms with Gasteiger partial charge in [0.05, 0.1) is 5.41 Å². The molecule has 0 aromatic heterocycles. The van der Waals surface area contributed by atoms with Crippen molar-refractivity contribution >= 4 is 0 Å². The second kappa shape index (κ2) is 5.62. The highest BCUT2D eigenvalue weighted by atomic mass is 19.4. The Kier molecular flexibility index (Phi) is 5.55. The second-order valence-electron chi connectivity index (χ2n) is 6.88. The van der Waals surface area contributed by atoms with Gasteiger partial charge in [0.1, 0.15) is 0 Å². The number of hydrogen-bond acceptors (Lipinski definition) is 0. The summed E-state index contributed by atoms with van der Waals surface area (Å²) in [6.45, 7) is 11.4. The molecule has 0 saturated heterocycles. The van der Waals surface area contributed by atoms with Crippen LogP contribution in [0.2, 0.25) is 0 Å². The van der Waals surface area contributed by atoms with Gasteiger partial charge in [0.2, 0.25) is 0 Å². The average Bonchev–Trinajstić information content (AvgIpc) is 1.97. The fourth-order valence-electron chi connectivity index (χ4n) is 2.80. The van der Waals surface area contributed by atoms with E-state index in [9.17, 15) is 13.2 Å². The number of alkyl halides is 3. The van der Waals surface area contributed by atoms with Gasteiger partial charge >= 0.3 is 6.18 Å². The highest BCUT2D eigenvalue weighted by Crippen LogP contribution is 2.47. The Morgan fingerprint density at radius 1 is 0.941 bits per heavy atom. The first-order valence-electron chi connectivity index (χ1n) is 6.48. The summed E-state index contributed by atoms with van der Waals surface area (Å²) >= 11 is 0. The van der Waals surface area contributed by atoms with Crippen LogP contribution in [0.3, 0.4) is 0 Å². The topological polar surface area (TPSA) is 0 Å². The van der Waals surface area contributed by atoms with Crippen LogP contribution in [0.25, 0.3) is 0 Å². The van der Waals surface area contributed by atoms with Crippen molar-refractivity contribution in [3.63, 3.8) is 0 Å². The number of halogens is 3. The van der Waals surface area contributed by atoms with E-state index in [4.69, 9.17) is 0 Å². The van der Waals surface area contributed by atoms with Crippen LogP contribution in [0.1, 0.15) is 67.2 Å². The highest BCUT2D eigenvalue weighted by molar-refractivity contribution is 4.84. The minimum atomic E-state index is -4.09. The molecule has 0 radical (unpaired) electrons. The Bertz CT molecular complexity index is 225. The monoisotopic (exact) mass is 252 g/mol. The van der Waals surface area contributed by atoms with Crippen LogP contribution in [0.15, 0.2) is 0 Å². The molecule has 0 rings (SSSR count). The first kappa shape index (κ1) is 16.8. The van der Waals surface area contributed by atoms with Gasteiger partial charge < -0.3 is 0 Å². The van der Waals surface area contributed by atoms with E-state index >= 15 is 0 Å². The smallest absolute Gasteiger partial charge is 0.171 e. The minimum Gasteiger partial charge on any atom is -0.171 e. The summed E-state index contributed by atoms with van der Waals surface area (Å²) in [5.74, 6) is 0.105. The maximum atomic E-state index is 13.1. The van der Waals surface area contributed by atoms with Gasteiger partial charge in [-0.2, -0.15) is 13.2 Å². The van der Waals surface area contributed by atoms with E-state index in [1.807, 2.05) is 13.8 Å². The van der Waals surface area contributed by atoms with E-state index in [1.165, 1.54) is 6.92 Å². The van der Waals surface area contributed by atoms with E-state index in [0.29, 0.717) is 6.42 Å². The summed E-state index contributed by atoms with van der Waals surface area (Å²) in [4.78, 5) is 0. The molecule has 0 heterocycles. The van der Waals surface area contributed by atoms with Crippen LogP contribution in [0.4, 0.5) is 13.2 Å². The zero-order valence-corrected chi connectivity index (χ0v) is 12.0. The summed E-state index contributed by atoms with van der Waals surface area (Å²) < 4.78 is 39.3. The van der Waals surface area contributed by atoms with Crippen LogP contribution in [-0.4, -0.2) is 6.18 Å². The van der Waals surface area contributed by atoms with Crippen molar-refractivity contribution in [2.45, 2.75) is 73.4 Å². The molecule has 0 nitrogen and oxygen atoms in total. The molecular weight excluding hydrogens is 225 g/mol. The fraction of sp³-hybridized carbons (Fsp3) is 1.00. The molecule has 17 heavy (non-hydrogen) atoms. The van der Waals surface area contributed by atoms with Crippen LogP contribution >= 0.6 is 0 Å². The Balaban J connectivity index is 4.66. The third-order valence-corrected chi connectivity index (χ3v) is 3.25. The van der Waals surface area contributed by atoms with Gasteiger partial charge in [0.25, 0.3) is 0 Å². The minimum absolute atomic E-state index is 0.0954. The first-order chi connectivity index (χ1) is 7.41. The van der Waals surface area contributed by atoms with Crippen molar-refractivity contribution in [3.05, 3.63) is 0 Å². The maximum absolute atomic E-state index is 13.1. The van der Waals surface area contributed by atoms with Gasteiger partial charge in [-0.25, -0.2) is 0 Å². The molecule has 2 atom stereocenters. The van der Waals surface area contributed by atoms with Crippen molar-refractivity contribution in [2.75, 3.05) is 0 Å². The van der Waals surface area contributed by atoms with Crippen molar-refractivity contribution in [2.24, 2.45) is 16.7 Å². The zero-order chi connectivity index (χ0) is 13.9. The Labute approximate surface area is 104 Å². The maximum Gasteiger partial charge on any atom is 0.394 e. The van der Waals surface area contributed by atoms with Gasteiger partial charge in [-0.15, -0.1) is 0 Å².